The van der Waals surface area contributed by atoms with Gasteiger partial charge in [0.25, 0.3) is 5.56 Å². The number of H-pyrrole nitrogens is 1. The van der Waals surface area contributed by atoms with Crippen LogP contribution in [0.25, 0.3) is 0 Å². The number of aromatic nitrogens is 4. The first-order valence-corrected chi connectivity index (χ1v) is 5.54. The average Bonchev–Trinajstić information content (AvgIpc) is 2.35. The maximum atomic E-state index is 11.5. The van der Waals surface area contributed by atoms with Gasteiger partial charge in [-0.05, 0) is 22.0 Å². The zero-order chi connectivity index (χ0) is 13.0. The second-order valence-electron chi connectivity index (χ2n) is 3.11. The van der Waals surface area contributed by atoms with Gasteiger partial charge < -0.3 is 0 Å². The first-order valence-electron chi connectivity index (χ1n) is 4.75. The van der Waals surface area contributed by atoms with Crippen molar-refractivity contribution >= 4 is 33.7 Å². The number of carbonyl (C=O) groups excluding carboxylic acids is 1. The van der Waals surface area contributed by atoms with Crippen LogP contribution in [-0.4, -0.2) is 26.2 Å². The molecule has 2 aromatic heterocycles. The SMILES string of the molecule is O=C(Nc1ccc(=O)[nH]n1)Nc1ncc(Br)cn1. The lowest BCUT2D eigenvalue weighted by Gasteiger charge is -2.04. The molecule has 0 aliphatic carbocycles. The predicted octanol–water partition coefficient (Wildman–Crippen LogP) is 0.966. The topological polar surface area (TPSA) is 113 Å². The van der Waals surface area contributed by atoms with Crippen LogP contribution in [0.5, 0.6) is 0 Å². The van der Waals surface area contributed by atoms with Crippen LogP contribution in [0.15, 0.2) is 33.8 Å². The number of hydrogen-bond acceptors (Lipinski definition) is 5. The second kappa shape index (κ2) is 5.36. The van der Waals surface area contributed by atoms with Gasteiger partial charge in [-0.3, -0.25) is 15.4 Å². The molecule has 9 heteroatoms. The van der Waals surface area contributed by atoms with Crippen molar-refractivity contribution in [2.45, 2.75) is 0 Å². The summed E-state index contributed by atoms with van der Waals surface area (Å²) >= 11 is 3.18. The number of carbonyl (C=O) groups is 1. The smallest absolute Gasteiger partial charge is 0.291 e. The molecule has 2 amide bonds. The summed E-state index contributed by atoms with van der Waals surface area (Å²) in [6, 6.07) is 2.07. The largest absolute Gasteiger partial charge is 0.327 e. The molecule has 3 N–H and O–H groups in total. The molecule has 18 heavy (non-hydrogen) atoms. The number of anilines is 2. The molecule has 2 aromatic rings. The van der Waals surface area contributed by atoms with E-state index in [1.807, 2.05) is 0 Å². The van der Waals surface area contributed by atoms with E-state index in [2.05, 4.69) is 46.7 Å². The van der Waals surface area contributed by atoms with Gasteiger partial charge in [-0.1, -0.05) is 0 Å². The summed E-state index contributed by atoms with van der Waals surface area (Å²) in [4.78, 5) is 30.0. The summed E-state index contributed by atoms with van der Waals surface area (Å²) in [5.41, 5.74) is -0.350. The van der Waals surface area contributed by atoms with Crippen molar-refractivity contribution < 1.29 is 4.79 Å². The quantitative estimate of drug-likeness (QED) is 0.765. The molecule has 0 fully saturated rings. The Hall–Kier alpha value is -2.29. The number of hydrogen-bond donors (Lipinski definition) is 3. The summed E-state index contributed by atoms with van der Waals surface area (Å²) in [6.45, 7) is 0. The number of halogens is 1. The minimum Gasteiger partial charge on any atom is -0.291 e. The summed E-state index contributed by atoms with van der Waals surface area (Å²) in [5, 5.41) is 10.6. The molecule has 0 bridgehead atoms. The number of rotatable bonds is 2. The standard InChI is InChI=1S/C9H7BrN6O2/c10-5-3-11-8(12-4-5)14-9(18)13-6-1-2-7(17)16-15-6/h1-4H,(H,16,17)(H2,11,12,13,14,15,18). The molecule has 0 unspecified atom stereocenters. The molecule has 0 atom stereocenters. The fourth-order valence-corrected chi connectivity index (χ4v) is 1.24. The van der Waals surface area contributed by atoms with Gasteiger partial charge in [-0.25, -0.2) is 19.9 Å². The highest BCUT2D eigenvalue weighted by Gasteiger charge is 2.05. The van der Waals surface area contributed by atoms with Crippen molar-refractivity contribution in [3.63, 3.8) is 0 Å². The van der Waals surface area contributed by atoms with E-state index in [1.165, 1.54) is 24.5 Å². The van der Waals surface area contributed by atoms with Gasteiger partial charge in [-0.15, -0.1) is 0 Å². The molecule has 0 aliphatic heterocycles. The Morgan fingerprint density at radius 2 is 1.94 bits per heavy atom. The van der Waals surface area contributed by atoms with Crippen LogP contribution >= 0.6 is 15.9 Å². The summed E-state index contributed by atoms with van der Waals surface area (Å²) in [7, 11) is 0. The first-order chi connectivity index (χ1) is 8.63. The van der Waals surface area contributed by atoms with Gasteiger partial charge in [0.2, 0.25) is 5.95 Å². The van der Waals surface area contributed by atoms with E-state index in [0.717, 1.165) is 0 Å². The minimum absolute atomic E-state index is 0.153. The van der Waals surface area contributed by atoms with Crippen LogP contribution in [0.4, 0.5) is 16.6 Å². The van der Waals surface area contributed by atoms with E-state index in [1.54, 1.807) is 0 Å². The van der Waals surface area contributed by atoms with E-state index in [0.29, 0.717) is 4.47 Å². The number of amides is 2. The van der Waals surface area contributed by atoms with Gasteiger partial charge in [0.1, 0.15) is 0 Å². The van der Waals surface area contributed by atoms with Crippen LogP contribution < -0.4 is 16.2 Å². The first kappa shape index (κ1) is 12.2. The third kappa shape index (κ3) is 3.35. The zero-order valence-electron chi connectivity index (χ0n) is 8.85. The van der Waals surface area contributed by atoms with Crippen LogP contribution in [-0.2, 0) is 0 Å². The lowest BCUT2D eigenvalue weighted by Crippen LogP contribution is -2.22. The Kier molecular flexibility index (Phi) is 3.63. The van der Waals surface area contributed by atoms with Gasteiger partial charge in [-0.2, -0.15) is 5.10 Å². The van der Waals surface area contributed by atoms with Crippen molar-refractivity contribution in [3.8, 4) is 0 Å². The minimum atomic E-state index is -0.558. The van der Waals surface area contributed by atoms with Crippen LogP contribution in [0.3, 0.4) is 0 Å². The molecule has 0 spiro atoms. The highest BCUT2D eigenvalue weighted by Crippen LogP contribution is 2.07. The van der Waals surface area contributed by atoms with Crippen molar-refractivity contribution in [1.29, 1.82) is 0 Å². The molecule has 2 rings (SSSR count). The van der Waals surface area contributed by atoms with Crippen LogP contribution in [0, 0.1) is 0 Å². The molecule has 0 saturated carbocycles. The molecule has 0 aliphatic rings. The summed E-state index contributed by atoms with van der Waals surface area (Å²) in [5.74, 6) is 0.365. The number of nitrogens with one attached hydrogen (secondary N) is 3. The van der Waals surface area contributed by atoms with Crippen molar-refractivity contribution in [1.82, 2.24) is 20.2 Å². The molecular formula is C9H7BrN6O2. The highest BCUT2D eigenvalue weighted by atomic mass is 79.9. The number of aromatic amines is 1. The van der Waals surface area contributed by atoms with E-state index in [-0.39, 0.29) is 17.3 Å². The Balaban J connectivity index is 1.98. The van der Waals surface area contributed by atoms with Gasteiger partial charge in [0, 0.05) is 18.5 Å². The summed E-state index contributed by atoms with van der Waals surface area (Å²) in [6.07, 6.45) is 3.00. The highest BCUT2D eigenvalue weighted by molar-refractivity contribution is 9.10. The zero-order valence-corrected chi connectivity index (χ0v) is 10.4. The van der Waals surface area contributed by atoms with Gasteiger partial charge >= 0.3 is 6.03 Å². The molecule has 0 radical (unpaired) electrons. The Labute approximate surface area is 109 Å². The van der Waals surface area contributed by atoms with Gasteiger partial charge in [0.05, 0.1) is 4.47 Å². The van der Waals surface area contributed by atoms with E-state index in [9.17, 15) is 9.59 Å². The van der Waals surface area contributed by atoms with Crippen molar-refractivity contribution in [2.75, 3.05) is 10.6 Å². The fourth-order valence-electron chi connectivity index (χ4n) is 1.04. The third-order valence-corrected chi connectivity index (χ3v) is 2.18. The van der Waals surface area contributed by atoms with Crippen molar-refractivity contribution in [2.24, 2.45) is 0 Å². The average molecular weight is 311 g/mol. The predicted molar refractivity (Wildman–Crippen MR) is 67.2 cm³/mol. The maximum Gasteiger partial charge on any atom is 0.327 e. The molecular weight excluding hydrogens is 304 g/mol. The Morgan fingerprint density at radius 3 is 2.56 bits per heavy atom. The molecule has 92 valence electrons. The number of urea groups is 1. The second-order valence-corrected chi connectivity index (χ2v) is 4.03. The number of nitrogens with zero attached hydrogens (tertiary/aromatic N) is 3. The monoisotopic (exact) mass is 310 g/mol. The van der Waals surface area contributed by atoms with Crippen LogP contribution in [0.2, 0.25) is 0 Å². The molecule has 0 aromatic carbocycles. The molecule has 2 heterocycles. The van der Waals surface area contributed by atoms with E-state index < -0.39 is 6.03 Å². The normalized spacial score (nSPS) is 9.83. The van der Waals surface area contributed by atoms with Gasteiger partial charge in [0.15, 0.2) is 5.82 Å². The van der Waals surface area contributed by atoms with Crippen molar-refractivity contribution in [3.05, 3.63) is 39.4 Å². The molecule has 0 saturated heterocycles. The maximum absolute atomic E-state index is 11.5. The Morgan fingerprint density at radius 1 is 1.22 bits per heavy atom. The summed E-state index contributed by atoms with van der Waals surface area (Å²) < 4.78 is 0.704. The van der Waals surface area contributed by atoms with E-state index in [4.69, 9.17) is 0 Å². The van der Waals surface area contributed by atoms with E-state index >= 15 is 0 Å². The Bertz CT molecular complexity index is 591. The lowest BCUT2D eigenvalue weighted by atomic mass is 10.5. The van der Waals surface area contributed by atoms with Crippen LogP contribution in [0.1, 0.15) is 0 Å². The lowest BCUT2D eigenvalue weighted by molar-refractivity contribution is 0.262. The third-order valence-electron chi connectivity index (χ3n) is 1.77. The molecule has 8 nitrogen and oxygen atoms in total. The fraction of sp³-hybridized carbons (Fsp3) is 0.